The third-order valence-electron chi connectivity index (χ3n) is 4.75. The van der Waals surface area contributed by atoms with Crippen molar-refractivity contribution in [1.29, 1.82) is 0 Å². The number of hydrogen-bond acceptors (Lipinski definition) is 7. The molecule has 0 bridgehead atoms. The van der Waals surface area contributed by atoms with Crippen molar-refractivity contribution in [3.8, 4) is 0 Å². The van der Waals surface area contributed by atoms with Crippen LogP contribution in [0.1, 0.15) is 61.3 Å². The summed E-state index contributed by atoms with van der Waals surface area (Å²) in [4.78, 5) is 19.1. The molecule has 8 nitrogen and oxygen atoms in total. The molecule has 0 aromatic rings. The van der Waals surface area contributed by atoms with Gasteiger partial charge < -0.3 is 29.2 Å². The molecule has 0 spiro atoms. The fourth-order valence-corrected chi connectivity index (χ4v) is 2.22. The molecule has 1 unspecified atom stereocenters. The average molecular weight is 539 g/mol. The fraction of sp³-hybridized carbons (Fsp3) is 0.533. The number of aliphatic carboxylic acids is 1. The maximum absolute atomic E-state index is 10.1. The van der Waals surface area contributed by atoms with Gasteiger partial charge in [0.15, 0.2) is 12.6 Å². The van der Waals surface area contributed by atoms with Gasteiger partial charge in [-0.1, -0.05) is 62.0 Å². The summed E-state index contributed by atoms with van der Waals surface area (Å²) < 4.78 is 19.9. The van der Waals surface area contributed by atoms with E-state index in [1.54, 1.807) is 40.4 Å². The molecule has 1 fully saturated rings. The summed E-state index contributed by atoms with van der Waals surface area (Å²) in [7, 11) is 4.89. The van der Waals surface area contributed by atoms with Crippen molar-refractivity contribution in [2.75, 3.05) is 27.9 Å². The Hall–Kier alpha value is -2.78. The van der Waals surface area contributed by atoms with Gasteiger partial charge in [0.2, 0.25) is 0 Å². The first-order valence-electron chi connectivity index (χ1n) is 12.4. The number of hydrogen-bond donors (Lipinski definition) is 2. The monoisotopic (exact) mass is 538 g/mol. The molecule has 1 aliphatic heterocycles. The van der Waals surface area contributed by atoms with E-state index in [1.807, 2.05) is 44.2 Å². The van der Waals surface area contributed by atoms with Gasteiger partial charge in [-0.2, -0.15) is 0 Å². The highest BCUT2D eigenvalue weighted by Gasteiger charge is 2.09. The molecule has 1 aliphatic rings. The topological polar surface area (TPSA) is 112 Å². The van der Waals surface area contributed by atoms with E-state index in [0.29, 0.717) is 11.5 Å². The first-order chi connectivity index (χ1) is 17.9. The second-order valence-corrected chi connectivity index (χ2v) is 8.55. The number of carboxylic acids is 1. The lowest BCUT2D eigenvalue weighted by atomic mass is 10.1. The predicted molar refractivity (Wildman–Crippen MR) is 154 cm³/mol. The summed E-state index contributed by atoms with van der Waals surface area (Å²) in [6.45, 7) is 13.9. The number of allylic oxidation sites excluding steroid dienone is 11. The number of ether oxygens (including phenoxy) is 4. The van der Waals surface area contributed by atoms with Crippen LogP contribution in [0.25, 0.3) is 0 Å². The number of carbonyl (C=O) groups excluding carboxylic acids is 1. The molecule has 0 aliphatic carbocycles. The zero-order valence-corrected chi connectivity index (χ0v) is 24.9. The van der Waals surface area contributed by atoms with E-state index < -0.39 is 12.3 Å². The van der Waals surface area contributed by atoms with Gasteiger partial charge in [-0.15, -0.1) is 0 Å². The van der Waals surface area contributed by atoms with E-state index in [9.17, 15) is 4.79 Å². The molecular formula is C30H50O8. The summed E-state index contributed by atoms with van der Waals surface area (Å²) in [5, 5.41) is 15.9. The molecule has 2 N–H and O–H groups in total. The minimum Gasteiger partial charge on any atom is -0.501 e. The van der Waals surface area contributed by atoms with E-state index >= 15 is 0 Å². The molecular weight excluding hydrogens is 488 g/mol. The van der Waals surface area contributed by atoms with Gasteiger partial charge >= 0.3 is 0 Å². The van der Waals surface area contributed by atoms with E-state index in [0.717, 1.165) is 44.0 Å². The normalized spacial score (nSPS) is 16.5. The van der Waals surface area contributed by atoms with Crippen molar-refractivity contribution < 1.29 is 38.7 Å². The second-order valence-electron chi connectivity index (χ2n) is 8.55. The maximum Gasteiger partial charge on any atom is 0.300 e. The van der Waals surface area contributed by atoms with E-state index in [-0.39, 0.29) is 6.29 Å². The fourth-order valence-electron chi connectivity index (χ4n) is 2.22. The number of aliphatic hydroxyl groups is 1. The molecule has 1 saturated heterocycles. The number of methoxy groups -OCH3 is 3. The van der Waals surface area contributed by atoms with Crippen LogP contribution in [0, 0.1) is 5.92 Å². The highest BCUT2D eigenvalue weighted by atomic mass is 16.7. The smallest absolute Gasteiger partial charge is 0.300 e. The molecule has 1 rings (SSSR count). The minimum absolute atomic E-state index is 0.250. The second kappa shape index (κ2) is 27.3. The Bertz CT molecular complexity index is 787. The van der Waals surface area contributed by atoms with Crippen LogP contribution in [0.4, 0.5) is 0 Å². The van der Waals surface area contributed by atoms with Gasteiger partial charge in [0.1, 0.15) is 6.29 Å². The minimum atomic E-state index is -0.833. The Kier molecular flexibility index (Phi) is 28.5. The first-order valence-corrected chi connectivity index (χ1v) is 12.4. The molecule has 38 heavy (non-hydrogen) atoms. The van der Waals surface area contributed by atoms with E-state index in [2.05, 4.69) is 26.8 Å². The number of aldehydes is 1. The van der Waals surface area contributed by atoms with Gasteiger partial charge in [-0.3, -0.25) is 9.59 Å². The molecule has 0 radical (unpaired) electrons. The zero-order chi connectivity index (χ0) is 29.9. The van der Waals surface area contributed by atoms with E-state index in [4.69, 9.17) is 34.0 Å². The third-order valence-corrected chi connectivity index (χ3v) is 4.75. The molecule has 1 heterocycles. The Morgan fingerprint density at radius 1 is 0.868 bits per heavy atom. The largest absolute Gasteiger partial charge is 0.501 e. The number of carboxylic acid groups (broad SMARTS) is 1. The van der Waals surface area contributed by atoms with Crippen molar-refractivity contribution in [3.63, 3.8) is 0 Å². The van der Waals surface area contributed by atoms with Crippen LogP contribution in [-0.4, -0.2) is 63.0 Å². The SMILES string of the molecule is CC(=O)O.CO/C(C)=C/C=C/C=C(\C)C=O.COC(OC)C(C)=C/C=C/C=C(C)C(C)C.OC1CCCO1. The number of carbonyl (C=O) groups is 2. The lowest BCUT2D eigenvalue weighted by molar-refractivity contribution is -0.134. The quantitative estimate of drug-likeness (QED) is 0.112. The van der Waals surface area contributed by atoms with Crippen LogP contribution < -0.4 is 0 Å². The molecule has 0 saturated carbocycles. The summed E-state index contributed by atoms with van der Waals surface area (Å²) in [5.41, 5.74) is 3.13. The van der Waals surface area contributed by atoms with Crippen molar-refractivity contribution >= 4 is 12.3 Å². The summed E-state index contributed by atoms with van der Waals surface area (Å²) in [6, 6.07) is 0. The van der Waals surface area contributed by atoms with Gasteiger partial charge in [-0.25, -0.2) is 0 Å². The lowest BCUT2D eigenvalue weighted by Gasteiger charge is -2.12. The van der Waals surface area contributed by atoms with Gasteiger partial charge in [0.05, 0.1) is 12.9 Å². The van der Waals surface area contributed by atoms with Crippen molar-refractivity contribution in [2.24, 2.45) is 5.92 Å². The first kappa shape index (κ1) is 39.7. The van der Waals surface area contributed by atoms with Crippen LogP contribution in [-0.2, 0) is 28.5 Å². The highest BCUT2D eigenvalue weighted by Crippen LogP contribution is 2.09. The summed E-state index contributed by atoms with van der Waals surface area (Å²) >= 11 is 0. The standard InChI is InChI=1S/C14H24O2.C10H14O2.C4H8O2.C2H4O2/c1-11(2)12(3)9-7-8-10-13(4)14(15-5)16-6;1-9(8-11)6-4-5-7-10(2)12-3;5-4-2-1-3-6-4;1-2(3)4/h7-11,14H,1-6H3;4-8H,1-3H3;4-5H,1-3H2;1H3,(H,3,4)/b8-7+,12-9?,13-10?;5-4+,9-6+,10-7+;;. The molecule has 1 atom stereocenters. The van der Waals surface area contributed by atoms with Crippen LogP contribution >= 0.6 is 0 Å². The van der Waals surface area contributed by atoms with Crippen LogP contribution in [0.15, 0.2) is 71.1 Å². The van der Waals surface area contributed by atoms with Gasteiger partial charge in [-0.05, 0) is 57.3 Å². The Balaban J connectivity index is -0.000000483. The van der Waals surface area contributed by atoms with E-state index in [1.165, 1.54) is 5.57 Å². The predicted octanol–water partition coefficient (Wildman–Crippen LogP) is 6.15. The van der Waals surface area contributed by atoms with Crippen LogP contribution in [0.3, 0.4) is 0 Å². The van der Waals surface area contributed by atoms with Gasteiger partial charge in [0, 0.05) is 34.2 Å². The molecule has 0 aromatic heterocycles. The van der Waals surface area contributed by atoms with Crippen LogP contribution in [0.2, 0.25) is 0 Å². The molecule has 8 heteroatoms. The Labute approximate surface area is 230 Å². The lowest BCUT2D eigenvalue weighted by Crippen LogP contribution is -2.13. The van der Waals surface area contributed by atoms with Crippen molar-refractivity contribution in [3.05, 3.63) is 71.1 Å². The van der Waals surface area contributed by atoms with Crippen molar-refractivity contribution in [2.45, 2.75) is 73.9 Å². The van der Waals surface area contributed by atoms with Crippen molar-refractivity contribution in [1.82, 2.24) is 0 Å². The Morgan fingerprint density at radius 2 is 1.34 bits per heavy atom. The van der Waals surface area contributed by atoms with Gasteiger partial charge in [0.25, 0.3) is 5.97 Å². The highest BCUT2D eigenvalue weighted by molar-refractivity contribution is 5.72. The number of aliphatic hydroxyl groups excluding tert-OH is 1. The summed E-state index contributed by atoms with van der Waals surface area (Å²) in [6.07, 6.45) is 17.3. The Morgan fingerprint density at radius 3 is 1.68 bits per heavy atom. The third kappa shape index (κ3) is 29.5. The van der Waals surface area contributed by atoms with Crippen LogP contribution in [0.5, 0.6) is 0 Å². The molecule has 0 aromatic carbocycles. The molecule has 0 amide bonds. The molecule has 218 valence electrons. The zero-order valence-electron chi connectivity index (χ0n) is 24.9. The summed E-state index contributed by atoms with van der Waals surface area (Å²) in [5.74, 6) is 0.601. The number of rotatable bonds is 10. The maximum atomic E-state index is 10.1. The average Bonchev–Trinajstić information content (AvgIpc) is 3.35.